The zero-order chi connectivity index (χ0) is 12.0. The van der Waals surface area contributed by atoms with Crippen molar-refractivity contribution >= 4 is 33.0 Å². The summed E-state index contributed by atoms with van der Waals surface area (Å²) in [4.78, 5) is 3.37. The summed E-state index contributed by atoms with van der Waals surface area (Å²) < 4.78 is 1.25. The van der Waals surface area contributed by atoms with Crippen LogP contribution in [0.4, 0.5) is 0 Å². The molecule has 0 bridgehead atoms. The Morgan fingerprint density at radius 3 is 3.00 bits per heavy atom. The summed E-state index contributed by atoms with van der Waals surface area (Å²) in [6.07, 6.45) is 0.987. The zero-order valence-electron chi connectivity index (χ0n) is 9.66. The first-order valence-corrected chi connectivity index (χ1v) is 6.91. The van der Waals surface area contributed by atoms with Gasteiger partial charge in [0.15, 0.2) is 0 Å². The van der Waals surface area contributed by atoms with E-state index in [1.54, 1.807) is 11.3 Å². The Morgan fingerprint density at radius 1 is 1.41 bits per heavy atom. The normalized spacial score (nSPS) is 16.4. The number of hydrogen-bond acceptors (Lipinski definition) is 3. The molecule has 0 saturated heterocycles. The molecule has 0 aliphatic carbocycles. The van der Waals surface area contributed by atoms with Crippen molar-refractivity contribution in [3.8, 4) is 0 Å². The first-order chi connectivity index (χ1) is 8.20. The molecule has 1 aliphatic rings. The van der Waals surface area contributed by atoms with E-state index in [4.69, 9.17) is 11.6 Å². The van der Waals surface area contributed by atoms with Crippen molar-refractivity contribution < 1.29 is 5.11 Å². The molecule has 17 heavy (non-hydrogen) atoms. The summed E-state index contributed by atoms with van der Waals surface area (Å²) >= 11 is 7.99. The van der Waals surface area contributed by atoms with Crippen LogP contribution in [0.5, 0.6) is 0 Å². The van der Waals surface area contributed by atoms with Crippen molar-refractivity contribution in [2.45, 2.75) is 19.6 Å². The second-order valence-electron chi connectivity index (χ2n) is 4.55. The van der Waals surface area contributed by atoms with Gasteiger partial charge in [-0.2, -0.15) is 0 Å². The van der Waals surface area contributed by atoms with Crippen molar-refractivity contribution in [2.75, 3.05) is 13.6 Å². The van der Waals surface area contributed by atoms with Crippen LogP contribution in [0.1, 0.15) is 16.0 Å². The molecular weight excluding hydrogens is 254 g/mol. The highest BCUT2D eigenvalue weighted by Gasteiger charge is 2.21. The van der Waals surface area contributed by atoms with Crippen LogP contribution in [-0.4, -0.2) is 23.6 Å². The van der Waals surface area contributed by atoms with E-state index in [0.29, 0.717) is 0 Å². The van der Waals surface area contributed by atoms with Crippen LogP contribution in [0.25, 0.3) is 10.1 Å². The van der Waals surface area contributed by atoms with Gasteiger partial charge in [0.2, 0.25) is 0 Å². The van der Waals surface area contributed by atoms with Crippen molar-refractivity contribution in [1.29, 1.82) is 0 Å². The third-order valence-corrected chi connectivity index (χ3v) is 4.94. The lowest BCUT2D eigenvalue weighted by molar-refractivity contribution is 0.280. The van der Waals surface area contributed by atoms with Gasteiger partial charge in [-0.05, 0) is 36.7 Å². The van der Waals surface area contributed by atoms with E-state index in [1.165, 1.54) is 21.2 Å². The first-order valence-electron chi connectivity index (χ1n) is 5.71. The molecule has 2 aromatic rings. The van der Waals surface area contributed by atoms with E-state index in [0.717, 1.165) is 29.4 Å². The quantitative estimate of drug-likeness (QED) is 0.859. The Bertz CT molecular complexity index is 578. The number of hydrogen-bond donors (Lipinski definition) is 1. The molecule has 0 unspecified atom stereocenters. The molecule has 2 heterocycles. The van der Waals surface area contributed by atoms with Crippen LogP contribution in [-0.2, 0) is 19.6 Å². The highest BCUT2D eigenvalue weighted by molar-refractivity contribution is 7.19. The highest BCUT2D eigenvalue weighted by Crippen LogP contribution is 2.39. The molecule has 1 aromatic carbocycles. The zero-order valence-corrected chi connectivity index (χ0v) is 11.2. The van der Waals surface area contributed by atoms with Crippen LogP contribution >= 0.6 is 22.9 Å². The van der Waals surface area contributed by atoms with Gasteiger partial charge >= 0.3 is 0 Å². The molecule has 0 atom stereocenters. The summed E-state index contributed by atoms with van der Waals surface area (Å²) in [5, 5.41) is 11.6. The summed E-state index contributed by atoms with van der Waals surface area (Å²) in [6.45, 7) is 2.05. The van der Waals surface area contributed by atoms with Crippen molar-refractivity contribution in [3.63, 3.8) is 0 Å². The molecule has 4 heteroatoms. The van der Waals surface area contributed by atoms with E-state index >= 15 is 0 Å². The van der Waals surface area contributed by atoms with Crippen molar-refractivity contribution in [2.24, 2.45) is 0 Å². The van der Waals surface area contributed by atoms with Crippen molar-refractivity contribution in [1.82, 2.24) is 4.90 Å². The molecular formula is C13H14ClNOS. The minimum absolute atomic E-state index is 0.125. The third-order valence-electron chi connectivity index (χ3n) is 3.40. The topological polar surface area (TPSA) is 23.5 Å². The number of nitrogens with zero attached hydrogens (tertiary/aromatic N) is 1. The second-order valence-corrected chi connectivity index (χ2v) is 6.09. The van der Waals surface area contributed by atoms with Gasteiger partial charge in [-0.15, -0.1) is 11.3 Å². The second kappa shape index (κ2) is 4.25. The maximum Gasteiger partial charge on any atom is 0.0778 e. The van der Waals surface area contributed by atoms with Gasteiger partial charge in [0.05, 0.1) is 6.61 Å². The maximum atomic E-state index is 9.47. The van der Waals surface area contributed by atoms with E-state index in [1.807, 2.05) is 6.07 Å². The summed E-state index contributed by atoms with van der Waals surface area (Å²) in [5.74, 6) is 0. The number of aliphatic hydroxyl groups is 1. The molecule has 0 spiro atoms. The van der Waals surface area contributed by atoms with Crippen LogP contribution in [0.2, 0.25) is 5.02 Å². The van der Waals surface area contributed by atoms with Gasteiger partial charge in [-0.1, -0.05) is 11.6 Å². The Balaban J connectivity index is 2.35. The van der Waals surface area contributed by atoms with Crippen LogP contribution in [0.3, 0.4) is 0 Å². The Hall–Kier alpha value is -0.610. The lowest BCUT2D eigenvalue weighted by Crippen LogP contribution is -2.18. The standard InChI is InChI=1S/C13H14ClNOS/c1-15-5-4-8-10(14)2-3-11-13(8)9(6-15)12(7-16)17-11/h2-3,16H,4-7H2,1H3. The average Bonchev–Trinajstić information content (AvgIpc) is 2.56. The van der Waals surface area contributed by atoms with Gasteiger partial charge in [0.1, 0.15) is 0 Å². The fraction of sp³-hybridized carbons (Fsp3) is 0.385. The van der Waals surface area contributed by atoms with Gasteiger partial charge in [0, 0.05) is 33.1 Å². The fourth-order valence-electron chi connectivity index (χ4n) is 2.54. The van der Waals surface area contributed by atoms with Crippen LogP contribution in [0, 0.1) is 0 Å². The van der Waals surface area contributed by atoms with E-state index in [-0.39, 0.29) is 6.61 Å². The smallest absolute Gasteiger partial charge is 0.0778 e. The molecule has 0 fully saturated rings. The maximum absolute atomic E-state index is 9.47. The van der Waals surface area contributed by atoms with E-state index < -0.39 is 0 Å². The molecule has 1 aliphatic heterocycles. The highest BCUT2D eigenvalue weighted by atomic mass is 35.5. The molecule has 2 nitrogen and oxygen atoms in total. The van der Waals surface area contributed by atoms with Gasteiger partial charge in [-0.25, -0.2) is 0 Å². The fourth-order valence-corrected chi connectivity index (χ4v) is 3.90. The third kappa shape index (κ3) is 1.78. The molecule has 90 valence electrons. The first kappa shape index (κ1) is 11.5. The molecule has 1 N–H and O–H groups in total. The lowest BCUT2D eigenvalue weighted by atomic mass is 10.0. The predicted octanol–water partition coefficient (Wildman–Crippen LogP) is 3.03. The molecule has 0 radical (unpaired) electrons. The summed E-state index contributed by atoms with van der Waals surface area (Å²) in [5.41, 5.74) is 2.52. The molecule has 3 rings (SSSR count). The van der Waals surface area contributed by atoms with E-state index in [2.05, 4.69) is 18.0 Å². The monoisotopic (exact) mass is 267 g/mol. The molecule has 1 aromatic heterocycles. The van der Waals surface area contributed by atoms with E-state index in [9.17, 15) is 5.11 Å². The number of aliphatic hydroxyl groups excluding tert-OH is 1. The van der Waals surface area contributed by atoms with Crippen LogP contribution in [0.15, 0.2) is 12.1 Å². The average molecular weight is 268 g/mol. The lowest BCUT2D eigenvalue weighted by Gasteiger charge is -2.13. The molecule has 0 amide bonds. The number of thiophene rings is 1. The number of likely N-dealkylation sites (N-methyl/N-ethyl adjacent to an activating group) is 1. The number of rotatable bonds is 1. The number of benzene rings is 1. The minimum Gasteiger partial charge on any atom is -0.391 e. The summed E-state index contributed by atoms with van der Waals surface area (Å²) in [7, 11) is 2.12. The Labute approximate surface area is 109 Å². The van der Waals surface area contributed by atoms with Gasteiger partial charge in [-0.3, -0.25) is 0 Å². The largest absolute Gasteiger partial charge is 0.391 e. The predicted molar refractivity (Wildman–Crippen MR) is 72.8 cm³/mol. The van der Waals surface area contributed by atoms with Crippen molar-refractivity contribution in [3.05, 3.63) is 33.2 Å². The molecule has 0 saturated carbocycles. The van der Waals surface area contributed by atoms with Gasteiger partial charge in [0.25, 0.3) is 0 Å². The Kier molecular flexibility index (Phi) is 2.87. The van der Waals surface area contributed by atoms with Gasteiger partial charge < -0.3 is 10.0 Å². The number of halogens is 1. The minimum atomic E-state index is 0.125. The Morgan fingerprint density at radius 2 is 2.24 bits per heavy atom. The SMILES string of the molecule is CN1CCc2c(Cl)ccc3sc(CO)c(c23)C1. The van der Waals surface area contributed by atoms with Crippen LogP contribution < -0.4 is 0 Å². The summed E-state index contributed by atoms with van der Waals surface area (Å²) in [6, 6.07) is 4.05.